The number of hydrogen-bond donors (Lipinski definition) is 1. The van der Waals surface area contributed by atoms with E-state index in [1.54, 1.807) is 25.3 Å². The second-order valence-corrected chi connectivity index (χ2v) is 4.90. The van der Waals surface area contributed by atoms with E-state index < -0.39 is 0 Å². The maximum atomic E-state index is 12.2. The first-order valence-electron chi connectivity index (χ1n) is 6.21. The van der Waals surface area contributed by atoms with Gasteiger partial charge in [-0.2, -0.15) is 0 Å². The van der Waals surface area contributed by atoms with Crippen molar-refractivity contribution in [3.8, 4) is 0 Å². The number of benzene rings is 1. The van der Waals surface area contributed by atoms with Gasteiger partial charge in [0.1, 0.15) is 0 Å². The maximum absolute atomic E-state index is 12.2. The highest BCUT2D eigenvalue weighted by Gasteiger charge is 2.19. The first-order valence-corrected chi connectivity index (χ1v) is 6.59. The molecule has 2 rings (SSSR count). The fourth-order valence-corrected chi connectivity index (χ4v) is 2.04. The predicted octanol–water partition coefficient (Wildman–Crippen LogP) is 3.36. The number of aryl methyl sites for hydroxylation is 1. The third-order valence-corrected chi connectivity index (χ3v) is 3.23. The molecule has 1 N–H and O–H groups in total. The van der Waals surface area contributed by atoms with E-state index in [-0.39, 0.29) is 11.9 Å². The van der Waals surface area contributed by atoms with Crippen LogP contribution in [0.3, 0.4) is 0 Å². The monoisotopic (exact) mass is 293 g/mol. The zero-order valence-corrected chi connectivity index (χ0v) is 12.1. The van der Waals surface area contributed by atoms with Crippen LogP contribution in [-0.2, 0) is 4.74 Å². The van der Waals surface area contributed by atoms with Crippen molar-refractivity contribution < 1.29 is 13.9 Å². The minimum absolute atomic E-state index is 0.255. The number of furan rings is 1. The van der Waals surface area contributed by atoms with Crippen LogP contribution in [0.1, 0.15) is 27.7 Å². The molecule has 0 saturated carbocycles. The van der Waals surface area contributed by atoms with Gasteiger partial charge >= 0.3 is 0 Å². The van der Waals surface area contributed by atoms with E-state index in [1.807, 2.05) is 19.1 Å². The first kappa shape index (κ1) is 14.6. The van der Waals surface area contributed by atoms with E-state index in [0.29, 0.717) is 17.4 Å². The average Bonchev–Trinajstić information content (AvgIpc) is 2.85. The van der Waals surface area contributed by atoms with E-state index in [1.165, 1.54) is 6.26 Å². The Hall–Kier alpha value is -1.78. The third kappa shape index (κ3) is 3.40. The summed E-state index contributed by atoms with van der Waals surface area (Å²) in [5, 5.41) is 3.55. The van der Waals surface area contributed by atoms with Crippen LogP contribution in [0.15, 0.2) is 41.0 Å². The van der Waals surface area contributed by atoms with Gasteiger partial charge in [-0.25, -0.2) is 0 Å². The van der Waals surface area contributed by atoms with Crippen molar-refractivity contribution >= 4 is 17.5 Å². The molecule has 106 valence electrons. The van der Waals surface area contributed by atoms with Crippen LogP contribution in [0.5, 0.6) is 0 Å². The van der Waals surface area contributed by atoms with Crippen LogP contribution in [0.25, 0.3) is 0 Å². The highest BCUT2D eigenvalue weighted by molar-refractivity contribution is 6.30. The average molecular weight is 294 g/mol. The molecule has 0 radical (unpaired) electrons. The van der Waals surface area contributed by atoms with Gasteiger partial charge in [0.15, 0.2) is 5.76 Å². The standard InChI is InChI=1S/C15H16ClNO3/c1-10-7-8-20-14(10)15(18)17-13(9-19-2)11-3-5-12(16)6-4-11/h3-8,13H,9H2,1-2H3,(H,17,18). The lowest BCUT2D eigenvalue weighted by atomic mass is 10.1. The Morgan fingerprint density at radius 1 is 1.35 bits per heavy atom. The van der Waals surface area contributed by atoms with Crippen LogP contribution >= 0.6 is 11.6 Å². The quantitative estimate of drug-likeness (QED) is 0.919. The molecule has 1 atom stereocenters. The molecule has 1 unspecified atom stereocenters. The highest BCUT2D eigenvalue weighted by atomic mass is 35.5. The summed E-state index contributed by atoms with van der Waals surface area (Å²) in [6.45, 7) is 2.19. The molecule has 0 aliphatic rings. The molecule has 0 bridgehead atoms. The van der Waals surface area contributed by atoms with Gasteiger partial charge in [0.05, 0.1) is 18.9 Å². The SMILES string of the molecule is COCC(NC(=O)c1occc1C)c1ccc(Cl)cc1. The molecule has 0 aliphatic carbocycles. The molecule has 5 heteroatoms. The van der Waals surface area contributed by atoms with Gasteiger partial charge < -0.3 is 14.5 Å². The van der Waals surface area contributed by atoms with Gasteiger partial charge in [-0.05, 0) is 30.7 Å². The largest absolute Gasteiger partial charge is 0.459 e. The molecule has 0 aliphatic heterocycles. The van der Waals surface area contributed by atoms with E-state index in [9.17, 15) is 4.79 Å². The molecule has 0 fully saturated rings. The summed E-state index contributed by atoms with van der Waals surface area (Å²) in [5.74, 6) is 0.0598. The van der Waals surface area contributed by atoms with Crippen molar-refractivity contribution in [2.75, 3.05) is 13.7 Å². The summed E-state index contributed by atoms with van der Waals surface area (Å²) < 4.78 is 10.3. The Morgan fingerprint density at radius 3 is 2.60 bits per heavy atom. The number of halogens is 1. The summed E-state index contributed by atoms with van der Waals surface area (Å²) in [7, 11) is 1.59. The van der Waals surface area contributed by atoms with Gasteiger partial charge in [0.2, 0.25) is 0 Å². The van der Waals surface area contributed by atoms with Gasteiger partial charge in [-0.3, -0.25) is 4.79 Å². The van der Waals surface area contributed by atoms with Crippen molar-refractivity contribution in [1.29, 1.82) is 0 Å². The van der Waals surface area contributed by atoms with Gasteiger partial charge in [0, 0.05) is 17.7 Å². The zero-order chi connectivity index (χ0) is 14.5. The zero-order valence-electron chi connectivity index (χ0n) is 11.4. The summed E-state index contributed by atoms with van der Waals surface area (Å²) in [6.07, 6.45) is 1.50. The topological polar surface area (TPSA) is 51.5 Å². The van der Waals surface area contributed by atoms with Crippen molar-refractivity contribution in [2.24, 2.45) is 0 Å². The lowest BCUT2D eigenvalue weighted by Gasteiger charge is -2.18. The van der Waals surface area contributed by atoms with Crippen LogP contribution in [-0.4, -0.2) is 19.6 Å². The van der Waals surface area contributed by atoms with Crippen LogP contribution in [0, 0.1) is 6.92 Å². The molecule has 0 saturated heterocycles. The van der Waals surface area contributed by atoms with Crippen LogP contribution in [0.4, 0.5) is 0 Å². The highest BCUT2D eigenvalue weighted by Crippen LogP contribution is 2.18. The molecule has 2 aromatic rings. The first-order chi connectivity index (χ1) is 9.61. The molecule has 1 amide bonds. The Morgan fingerprint density at radius 2 is 2.05 bits per heavy atom. The fraction of sp³-hybridized carbons (Fsp3) is 0.267. The molecule has 0 spiro atoms. The summed E-state index contributed by atoms with van der Waals surface area (Å²) >= 11 is 5.87. The molecule has 1 aromatic heterocycles. The fourth-order valence-electron chi connectivity index (χ4n) is 1.91. The maximum Gasteiger partial charge on any atom is 0.287 e. The van der Waals surface area contributed by atoms with Crippen molar-refractivity contribution in [3.05, 3.63) is 58.5 Å². The van der Waals surface area contributed by atoms with E-state index in [2.05, 4.69) is 5.32 Å². The molecule has 1 heterocycles. The van der Waals surface area contributed by atoms with Gasteiger partial charge in [-0.1, -0.05) is 23.7 Å². The third-order valence-electron chi connectivity index (χ3n) is 2.98. The summed E-state index contributed by atoms with van der Waals surface area (Å²) in [5.41, 5.74) is 1.73. The number of amides is 1. The number of carbonyl (C=O) groups is 1. The van der Waals surface area contributed by atoms with Crippen molar-refractivity contribution in [3.63, 3.8) is 0 Å². The van der Waals surface area contributed by atoms with E-state index in [4.69, 9.17) is 20.8 Å². The molecular formula is C15H16ClNO3. The number of carbonyl (C=O) groups excluding carboxylic acids is 1. The number of rotatable bonds is 5. The number of ether oxygens (including phenoxy) is 1. The van der Waals surface area contributed by atoms with E-state index in [0.717, 1.165) is 11.1 Å². The number of hydrogen-bond acceptors (Lipinski definition) is 3. The van der Waals surface area contributed by atoms with E-state index >= 15 is 0 Å². The summed E-state index contributed by atoms with van der Waals surface area (Å²) in [4.78, 5) is 12.2. The Labute approximate surface area is 122 Å². The van der Waals surface area contributed by atoms with Crippen LogP contribution < -0.4 is 5.32 Å². The Balaban J connectivity index is 2.15. The van der Waals surface area contributed by atoms with Crippen molar-refractivity contribution in [1.82, 2.24) is 5.32 Å². The second-order valence-electron chi connectivity index (χ2n) is 4.47. The minimum atomic E-state index is -0.260. The lowest BCUT2D eigenvalue weighted by molar-refractivity contribution is 0.0868. The minimum Gasteiger partial charge on any atom is -0.459 e. The normalized spacial score (nSPS) is 12.2. The van der Waals surface area contributed by atoms with Crippen molar-refractivity contribution in [2.45, 2.75) is 13.0 Å². The second kappa shape index (κ2) is 6.59. The summed E-state index contributed by atoms with van der Waals surface area (Å²) in [6, 6.07) is 8.79. The molecule has 4 nitrogen and oxygen atoms in total. The molecule has 20 heavy (non-hydrogen) atoms. The van der Waals surface area contributed by atoms with Gasteiger partial charge in [-0.15, -0.1) is 0 Å². The lowest BCUT2D eigenvalue weighted by Crippen LogP contribution is -2.31. The van der Waals surface area contributed by atoms with Gasteiger partial charge in [0.25, 0.3) is 5.91 Å². The molecular weight excluding hydrogens is 278 g/mol. The predicted molar refractivity (Wildman–Crippen MR) is 77.0 cm³/mol. The Bertz CT molecular complexity index is 577. The smallest absolute Gasteiger partial charge is 0.287 e. The Kier molecular flexibility index (Phi) is 4.82. The molecule has 1 aromatic carbocycles. The number of nitrogens with one attached hydrogen (secondary N) is 1. The van der Waals surface area contributed by atoms with Crippen LogP contribution in [0.2, 0.25) is 5.02 Å². The number of methoxy groups -OCH3 is 1.